The lowest BCUT2D eigenvalue weighted by Crippen LogP contribution is -2.23. The maximum atomic E-state index is 12.7. The number of sulfone groups is 1. The molecule has 1 heterocycles. The maximum Gasteiger partial charge on any atom is 0.326 e. The van der Waals surface area contributed by atoms with Gasteiger partial charge >= 0.3 is 5.97 Å². The standard InChI is InChI=1S/C24H28N2O5S2/c1-6-31-23(28)14-26-20-11-16(4)17(5)12-21(20)32-24(26)25-22(27)13-18-7-9-19(10-8-18)33(29,30)15(2)3/h7-12,15H,6,13-14H2,1-5H3. The Morgan fingerprint density at radius 1 is 1.09 bits per heavy atom. The number of carbonyl (C=O) groups is 2. The highest BCUT2D eigenvalue weighted by Gasteiger charge is 2.19. The average Bonchev–Trinajstić information content (AvgIpc) is 3.04. The lowest BCUT2D eigenvalue weighted by molar-refractivity contribution is -0.143. The van der Waals surface area contributed by atoms with Crippen LogP contribution < -0.4 is 4.80 Å². The third kappa shape index (κ3) is 5.59. The Bertz CT molecular complexity index is 1360. The van der Waals surface area contributed by atoms with E-state index in [1.54, 1.807) is 37.5 Å². The van der Waals surface area contributed by atoms with Crippen molar-refractivity contribution >= 4 is 43.3 Å². The molecule has 9 heteroatoms. The number of aromatic nitrogens is 1. The van der Waals surface area contributed by atoms with Crippen molar-refractivity contribution in [3.05, 3.63) is 57.9 Å². The number of hydrogen-bond acceptors (Lipinski definition) is 6. The Morgan fingerprint density at radius 3 is 2.33 bits per heavy atom. The number of benzene rings is 2. The van der Waals surface area contributed by atoms with Gasteiger partial charge in [-0.2, -0.15) is 4.99 Å². The predicted octanol–water partition coefficient (Wildman–Crippen LogP) is 3.73. The summed E-state index contributed by atoms with van der Waals surface area (Å²) in [7, 11) is -3.37. The molecule has 0 radical (unpaired) electrons. The van der Waals surface area contributed by atoms with Gasteiger partial charge in [0.15, 0.2) is 14.6 Å². The van der Waals surface area contributed by atoms with Crippen molar-refractivity contribution < 1.29 is 22.7 Å². The molecule has 0 bridgehead atoms. The van der Waals surface area contributed by atoms with Crippen LogP contribution in [-0.2, 0) is 37.1 Å². The summed E-state index contributed by atoms with van der Waals surface area (Å²) < 4.78 is 32.3. The number of amides is 1. The van der Waals surface area contributed by atoms with E-state index in [2.05, 4.69) is 4.99 Å². The number of carbonyl (C=O) groups excluding carboxylic acids is 2. The van der Waals surface area contributed by atoms with E-state index in [0.29, 0.717) is 10.4 Å². The van der Waals surface area contributed by atoms with E-state index in [1.807, 2.05) is 26.0 Å². The molecule has 0 aliphatic heterocycles. The van der Waals surface area contributed by atoms with E-state index in [1.165, 1.54) is 23.5 Å². The first-order valence-corrected chi connectivity index (χ1v) is 13.1. The summed E-state index contributed by atoms with van der Waals surface area (Å²) in [6.45, 7) is 9.24. The lowest BCUT2D eigenvalue weighted by Gasteiger charge is -2.08. The molecule has 0 atom stereocenters. The Hall–Kier alpha value is -2.78. The maximum absolute atomic E-state index is 12.7. The molecule has 3 rings (SSSR count). The summed E-state index contributed by atoms with van der Waals surface area (Å²) in [6.07, 6.45) is 0.0215. The van der Waals surface area contributed by atoms with Crippen LogP contribution in [0, 0.1) is 13.8 Å². The molecule has 0 saturated heterocycles. The minimum atomic E-state index is -3.37. The molecule has 176 valence electrons. The first kappa shape index (κ1) is 24.9. The van der Waals surface area contributed by atoms with Crippen LogP contribution in [0.3, 0.4) is 0 Å². The van der Waals surface area contributed by atoms with Gasteiger partial charge in [0.25, 0.3) is 5.91 Å². The third-order valence-corrected chi connectivity index (χ3v) is 8.55. The average molecular weight is 489 g/mol. The van der Waals surface area contributed by atoms with Gasteiger partial charge in [0.05, 0.1) is 33.4 Å². The molecule has 1 aromatic heterocycles. The van der Waals surface area contributed by atoms with Crippen LogP contribution in [0.25, 0.3) is 10.2 Å². The molecule has 0 N–H and O–H groups in total. The number of rotatable bonds is 7. The normalized spacial score (nSPS) is 12.5. The second-order valence-corrected chi connectivity index (χ2v) is 11.6. The van der Waals surface area contributed by atoms with Gasteiger partial charge in [-0.05, 0) is 75.6 Å². The summed E-state index contributed by atoms with van der Waals surface area (Å²) in [5.41, 5.74) is 3.68. The van der Waals surface area contributed by atoms with E-state index >= 15 is 0 Å². The van der Waals surface area contributed by atoms with Crippen molar-refractivity contribution in [3.63, 3.8) is 0 Å². The molecular formula is C24H28N2O5S2. The van der Waals surface area contributed by atoms with Crippen LogP contribution in [0.1, 0.15) is 37.5 Å². The quantitative estimate of drug-likeness (QED) is 0.472. The van der Waals surface area contributed by atoms with Crippen LogP contribution in [0.4, 0.5) is 0 Å². The zero-order valence-corrected chi connectivity index (χ0v) is 21.0. The molecule has 2 aromatic carbocycles. The SMILES string of the molecule is CCOC(=O)Cn1c(=NC(=O)Cc2ccc(S(=O)(=O)C(C)C)cc2)sc2cc(C)c(C)cc21. The second kappa shape index (κ2) is 10.0. The molecular weight excluding hydrogens is 460 g/mol. The van der Waals surface area contributed by atoms with Gasteiger partial charge in [-0.1, -0.05) is 23.5 Å². The lowest BCUT2D eigenvalue weighted by atomic mass is 10.1. The van der Waals surface area contributed by atoms with Gasteiger partial charge in [0.1, 0.15) is 6.54 Å². The predicted molar refractivity (Wildman–Crippen MR) is 129 cm³/mol. The monoisotopic (exact) mass is 488 g/mol. The fourth-order valence-corrected chi connectivity index (χ4v) is 5.47. The molecule has 0 aliphatic rings. The second-order valence-electron chi connectivity index (χ2n) is 8.10. The van der Waals surface area contributed by atoms with E-state index in [9.17, 15) is 18.0 Å². The van der Waals surface area contributed by atoms with E-state index in [4.69, 9.17) is 4.74 Å². The smallest absolute Gasteiger partial charge is 0.326 e. The molecule has 7 nitrogen and oxygen atoms in total. The number of thiazole rings is 1. The number of aryl methyl sites for hydroxylation is 2. The minimum Gasteiger partial charge on any atom is -0.465 e. The van der Waals surface area contributed by atoms with Gasteiger partial charge in [-0.25, -0.2) is 8.42 Å². The molecule has 0 saturated carbocycles. The van der Waals surface area contributed by atoms with Gasteiger partial charge in [0.2, 0.25) is 0 Å². The summed E-state index contributed by atoms with van der Waals surface area (Å²) >= 11 is 1.34. The van der Waals surface area contributed by atoms with E-state index < -0.39 is 21.1 Å². The van der Waals surface area contributed by atoms with Crippen LogP contribution in [-0.4, -0.2) is 36.7 Å². The Morgan fingerprint density at radius 2 is 1.73 bits per heavy atom. The number of hydrogen-bond donors (Lipinski definition) is 0. The molecule has 3 aromatic rings. The number of ether oxygens (including phenoxy) is 1. The Balaban J connectivity index is 1.94. The highest BCUT2D eigenvalue weighted by atomic mass is 32.2. The highest BCUT2D eigenvalue weighted by Crippen LogP contribution is 2.22. The highest BCUT2D eigenvalue weighted by molar-refractivity contribution is 7.92. The Kier molecular flexibility index (Phi) is 7.54. The van der Waals surface area contributed by atoms with Crippen molar-refractivity contribution in [1.29, 1.82) is 0 Å². The topological polar surface area (TPSA) is 94.8 Å². The van der Waals surface area contributed by atoms with Crippen LogP contribution in [0.5, 0.6) is 0 Å². The van der Waals surface area contributed by atoms with Gasteiger partial charge in [-0.15, -0.1) is 0 Å². The fraction of sp³-hybridized carbons (Fsp3) is 0.375. The van der Waals surface area contributed by atoms with Gasteiger partial charge in [0, 0.05) is 0 Å². The van der Waals surface area contributed by atoms with Crippen molar-refractivity contribution in [1.82, 2.24) is 4.57 Å². The minimum absolute atomic E-state index is 0.0215. The molecule has 1 amide bonds. The molecule has 0 spiro atoms. The molecule has 0 fully saturated rings. The fourth-order valence-electron chi connectivity index (χ4n) is 3.29. The van der Waals surface area contributed by atoms with Crippen LogP contribution in [0.15, 0.2) is 46.3 Å². The number of fused-ring (bicyclic) bond motifs is 1. The summed E-state index contributed by atoms with van der Waals surface area (Å²) in [5, 5.41) is -0.518. The molecule has 33 heavy (non-hydrogen) atoms. The number of esters is 1. The van der Waals surface area contributed by atoms with Crippen molar-refractivity contribution in [3.8, 4) is 0 Å². The number of nitrogens with zero attached hydrogens (tertiary/aromatic N) is 2. The summed E-state index contributed by atoms with van der Waals surface area (Å²) in [4.78, 5) is 29.9. The van der Waals surface area contributed by atoms with Crippen LogP contribution in [0.2, 0.25) is 0 Å². The summed E-state index contributed by atoms with van der Waals surface area (Å²) in [6, 6.07) is 10.3. The first-order valence-electron chi connectivity index (χ1n) is 10.7. The third-order valence-electron chi connectivity index (χ3n) is 5.34. The van der Waals surface area contributed by atoms with Gasteiger partial charge < -0.3 is 9.30 Å². The zero-order chi connectivity index (χ0) is 24.3. The molecule has 0 unspecified atom stereocenters. The van der Waals surface area contributed by atoms with Crippen LogP contribution >= 0.6 is 11.3 Å². The first-order chi connectivity index (χ1) is 15.5. The summed E-state index contributed by atoms with van der Waals surface area (Å²) in [5.74, 6) is -0.779. The Labute approximate surface area is 197 Å². The largest absolute Gasteiger partial charge is 0.465 e. The zero-order valence-electron chi connectivity index (χ0n) is 19.4. The molecule has 0 aliphatic carbocycles. The van der Waals surface area contributed by atoms with Crippen molar-refractivity contribution in [2.75, 3.05) is 6.61 Å². The van der Waals surface area contributed by atoms with Crippen molar-refractivity contribution in [2.45, 2.75) is 57.7 Å². The van der Waals surface area contributed by atoms with E-state index in [0.717, 1.165) is 21.3 Å². The van der Waals surface area contributed by atoms with Crippen molar-refractivity contribution in [2.24, 2.45) is 4.99 Å². The van der Waals surface area contributed by atoms with E-state index in [-0.39, 0.29) is 30.4 Å². The van der Waals surface area contributed by atoms with Gasteiger partial charge in [-0.3, -0.25) is 9.59 Å².